The number of amidine groups is 1. The predicted molar refractivity (Wildman–Crippen MR) is 103 cm³/mol. The van der Waals surface area contributed by atoms with Crippen LogP contribution in [0.2, 0.25) is 0 Å². The molecule has 1 atom stereocenters. The first-order valence-electron chi connectivity index (χ1n) is 9.43. The molecule has 7 heteroatoms. The van der Waals surface area contributed by atoms with Crippen LogP contribution in [0.15, 0.2) is 41.7 Å². The lowest BCUT2D eigenvalue weighted by atomic mass is 9.75. The van der Waals surface area contributed by atoms with Crippen molar-refractivity contribution >= 4 is 11.8 Å². The molecule has 3 fully saturated rings. The molecule has 4 aliphatic heterocycles. The summed E-state index contributed by atoms with van der Waals surface area (Å²) in [6.45, 7) is 4.10. The van der Waals surface area contributed by atoms with Gasteiger partial charge in [0.25, 0.3) is 6.02 Å². The molecule has 0 radical (unpaired) electrons. The molecule has 0 amide bonds. The molecule has 2 bridgehead atoms. The zero-order chi connectivity index (χ0) is 18.3. The molecule has 6 rings (SSSR count). The van der Waals surface area contributed by atoms with Crippen molar-refractivity contribution in [2.75, 3.05) is 38.6 Å². The van der Waals surface area contributed by atoms with Gasteiger partial charge in [-0.2, -0.15) is 0 Å². The van der Waals surface area contributed by atoms with Crippen LogP contribution in [0.4, 0.5) is 5.82 Å². The van der Waals surface area contributed by atoms with Crippen molar-refractivity contribution in [3.05, 3.63) is 36.7 Å². The van der Waals surface area contributed by atoms with Crippen LogP contribution in [0, 0.1) is 5.92 Å². The minimum absolute atomic E-state index is 0.143. The molecule has 2 aromatic rings. The van der Waals surface area contributed by atoms with Crippen molar-refractivity contribution in [1.82, 2.24) is 14.9 Å². The molecule has 0 aliphatic carbocycles. The molecule has 6 heterocycles. The Bertz CT molecular complexity index is 861. The largest absolute Gasteiger partial charge is 0.481 e. The van der Waals surface area contributed by atoms with Gasteiger partial charge in [-0.05, 0) is 49.7 Å². The lowest BCUT2D eigenvalue weighted by Gasteiger charge is -2.50. The zero-order valence-electron chi connectivity index (χ0n) is 15.4. The maximum atomic E-state index is 6.33. The van der Waals surface area contributed by atoms with E-state index in [4.69, 9.17) is 9.47 Å². The van der Waals surface area contributed by atoms with E-state index in [-0.39, 0.29) is 5.60 Å². The lowest BCUT2D eigenvalue weighted by molar-refractivity contribution is -0.0829. The Hall–Kier alpha value is -2.67. The van der Waals surface area contributed by atoms with Crippen molar-refractivity contribution < 1.29 is 9.47 Å². The van der Waals surface area contributed by atoms with Gasteiger partial charge in [0.2, 0.25) is 5.88 Å². The van der Waals surface area contributed by atoms with Gasteiger partial charge in [-0.1, -0.05) is 0 Å². The summed E-state index contributed by atoms with van der Waals surface area (Å²) in [4.78, 5) is 15.8. The normalized spacial score (nSPS) is 28.7. The van der Waals surface area contributed by atoms with E-state index >= 15 is 0 Å². The number of hydrogen-bond donors (Lipinski definition) is 1. The van der Waals surface area contributed by atoms with Gasteiger partial charge in [0, 0.05) is 36.5 Å². The van der Waals surface area contributed by atoms with E-state index in [2.05, 4.69) is 25.2 Å². The van der Waals surface area contributed by atoms with Crippen molar-refractivity contribution in [3.8, 4) is 17.0 Å². The van der Waals surface area contributed by atoms with Crippen LogP contribution in [0.1, 0.15) is 12.8 Å². The number of ether oxygens (including phenoxy) is 2. The highest BCUT2D eigenvalue weighted by molar-refractivity contribution is 5.90. The van der Waals surface area contributed by atoms with Gasteiger partial charge in [0.15, 0.2) is 0 Å². The minimum atomic E-state index is -0.143. The average Bonchev–Trinajstić information content (AvgIpc) is 3.11. The molecule has 4 aliphatic rings. The molecule has 1 unspecified atom stereocenters. The highest BCUT2D eigenvalue weighted by atomic mass is 16.5. The predicted octanol–water partition coefficient (Wildman–Crippen LogP) is 2.41. The summed E-state index contributed by atoms with van der Waals surface area (Å²) in [7, 11) is 1.61. The van der Waals surface area contributed by atoms with Crippen LogP contribution in [0.25, 0.3) is 11.1 Å². The number of anilines is 1. The quantitative estimate of drug-likeness (QED) is 0.901. The fourth-order valence-corrected chi connectivity index (χ4v) is 4.41. The van der Waals surface area contributed by atoms with E-state index < -0.39 is 0 Å². The lowest BCUT2D eigenvalue weighted by Crippen LogP contribution is -2.61. The highest BCUT2D eigenvalue weighted by Gasteiger charge is 2.51. The van der Waals surface area contributed by atoms with Crippen molar-refractivity contribution in [1.29, 1.82) is 0 Å². The molecule has 1 N–H and O–H groups in total. The van der Waals surface area contributed by atoms with E-state index in [0.29, 0.717) is 17.8 Å². The van der Waals surface area contributed by atoms with Crippen LogP contribution in [0.3, 0.4) is 0 Å². The second-order valence-corrected chi connectivity index (χ2v) is 7.48. The molecular formula is C20H23N5O2. The van der Waals surface area contributed by atoms with Crippen LogP contribution < -0.4 is 10.1 Å². The highest BCUT2D eigenvalue weighted by Crippen LogP contribution is 2.40. The molecule has 0 aromatic carbocycles. The number of aromatic nitrogens is 2. The molecular weight excluding hydrogens is 342 g/mol. The van der Waals surface area contributed by atoms with Gasteiger partial charge >= 0.3 is 0 Å². The molecule has 27 heavy (non-hydrogen) atoms. The van der Waals surface area contributed by atoms with E-state index in [9.17, 15) is 0 Å². The van der Waals surface area contributed by atoms with Crippen LogP contribution in [-0.4, -0.2) is 59.8 Å². The molecule has 0 saturated carbocycles. The Morgan fingerprint density at radius 3 is 2.78 bits per heavy atom. The Balaban J connectivity index is 1.30. The Labute approximate surface area is 158 Å². The average molecular weight is 365 g/mol. The number of methoxy groups -OCH3 is 1. The number of hydrogen-bond acceptors (Lipinski definition) is 7. The standard InChI is InChI=1S/C20H23N5O2/c1-26-18-3-2-15(11-22-18)14-4-7-21-17(10-14)24-19-23-12-20(27-19)13-25-8-5-16(20)6-9-25/h2-4,7,10-11,16H,5-6,8-9,12-13H2,1H3,(H,21,23,24). The van der Waals surface area contributed by atoms with Crippen molar-refractivity contribution in [2.45, 2.75) is 18.4 Å². The topological polar surface area (TPSA) is 71.9 Å². The van der Waals surface area contributed by atoms with Gasteiger partial charge in [-0.3, -0.25) is 10.2 Å². The van der Waals surface area contributed by atoms with Crippen molar-refractivity contribution in [3.63, 3.8) is 0 Å². The van der Waals surface area contributed by atoms with Gasteiger partial charge in [-0.25, -0.2) is 15.0 Å². The number of pyridine rings is 2. The molecule has 7 nitrogen and oxygen atoms in total. The van der Waals surface area contributed by atoms with Crippen molar-refractivity contribution in [2.24, 2.45) is 10.9 Å². The summed E-state index contributed by atoms with van der Waals surface area (Å²) < 4.78 is 11.5. The summed E-state index contributed by atoms with van der Waals surface area (Å²) in [5, 5.41) is 3.26. The van der Waals surface area contributed by atoms with E-state index in [1.165, 1.54) is 25.9 Å². The Morgan fingerprint density at radius 1 is 1.19 bits per heavy atom. The van der Waals surface area contributed by atoms with E-state index in [1.807, 2.05) is 24.3 Å². The third kappa shape index (κ3) is 3.02. The number of aliphatic imine (C=N–C) groups is 1. The van der Waals surface area contributed by atoms with Gasteiger partial charge < -0.3 is 9.47 Å². The fraction of sp³-hybridized carbons (Fsp3) is 0.450. The fourth-order valence-electron chi connectivity index (χ4n) is 4.41. The van der Waals surface area contributed by atoms with Gasteiger partial charge in [-0.15, -0.1) is 0 Å². The number of piperidine rings is 3. The number of fused-ring (bicyclic) bond motifs is 2. The van der Waals surface area contributed by atoms with Gasteiger partial charge in [0.05, 0.1) is 13.7 Å². The summed E-state index contributed by atoms with van der Waals surface area (Å²) >= 11 is 0. The summed E-state index contributed by atoms with van der Waals surface area (Å²) in [5.74, 6) is 1.93. The zero-order valence-corrected chi connectivity index (χ0v) is 15.4. The summed E-state index contributed by atoms with van der Waals surface area (Å²) in [5.41, 5.74) is 1.89. The molecule has 140 valence electrons. The van der Waals surface area contributed by atoms with Crippen LogP contribution in [0.5, 0.6) is 5.88 Å². The number of nitrogens with one attached hydrogen (secondary N) is 1. The van der Waals surface area contributed by atoms with E-state index in [1.54, 1.807) is 19.5 Å². The van der Waals surface area contributed by atoms with Gasteiger partial charge in [0.1, 0.15) is 11.4 Å². The smallest absolute Gasteiger partial charge is 0.291 e. The first-order valence-corrected chi connectivity index (χ1v) is 9.43. The first kappa shape index (κ1) is 16.5. The monoisotopic (exact) mass is 365 g/mol. The summed E-state index contributed by atoms with van der Waals surface area (Å²) in [6, 6.07) is 8.36. The second-order valence-electron chi connectivity index (χ2n) is 7.48. The first-order chi connectivity index (χ1) is 13.2. The number of rotatable bonds is 3. The van der Waals surface area contributed by atoms with Crippen LogP contribution in [-0.2, 0) is 4.74 Å². The molecule has 3 saturated heterocycles. The molecule has 2 aromatic heterocycles. The SMILES string of the molecule is COc1ccc(-c2ccnc(NC3=NCC4(CN5CCC4CC5)O3)c2)cn1. The molecule has 1 spiro atoms. The number of nitrogens with zero attached hydrogens (tertiary/aromatic N) is 4. The van der Waals surface area contributed by atoms with Crippen LogP contribution >= 0.6 is 0 Å². The van der Waals surface area contributed by atoms with E-state index in [0.717, 1.165) is 30.0 Å². The Morgan fingerprint density at radius 2 is 2.07 bits per heavy atom. The third-order valence-electron chi connectivity index (χ3n) is 5.89. The Kier molecular flexibility index (Phi) is 3.97. The summed E-state index contributed by atoms with van der Waals surface area (Å²) in [6.07, 6.45) is 5.99. The second kappa shape index (κ2) is 6.49. The maximum absolute atomic E-state index is 6.33. The maximum Gasteiger partial charge on any atom is 0.291 e. The third-order valence-corrected chi connectivity index (χ3v) is 5.89. The minimum Gasteiger partial charge on any atom is -0.481 e.